The lowest BCUT2D eigenvalue weighted by Gasteiger charge is -2.15. The highest BCUT2D eigenvalue weighted by molar-refractivity contribution is 9.10. The molecule has 6 nitrogen and oxygen atoms in total. The summed E-state index contributed by atoms with van der Waals surface area (Å²) in [7, 11) is 1.59. The third kappa shape index (κ3) is 5.90. The predicted molar refractivity (Wildman–Crippen MR) is 129 cm³/mol. The minimum Gasteiger partial charge on any atom is -0.493 e. The molecule has 0 unspecified atom stereocenters. The van der Waals surface area contributed by atoms with Crippen molar-refractivity contribution >= 4 is 50.5 Å². The van der Waals surface area contributed by atoms with Crippen molar-refractivity contribution in [2.75, 3.05) is 33.5 Å². The van der Waals surface area contributed by atoms with Crippen LogP contribution >= 0.6 is 27.7 Å². The number of rotatable bonds is 9. The first-order chi connectivity index (χ1) is 15.1. The molecule has 0 aliphatic carbocycles. The zero-order valence-corrected chi connectivity index (χ0v) is 20.2. The van der Waals surface area contributed by atoms with Crippen LogP contribution in [-0.4, -0.2) is 49.4 Å². The smallest absolute Gasteiger partial charge is 0.266 e. The Hall–Kier alpha value is -2.29. The summed E-state index contributed by atoms with van der Waals surface area (Å²) in [6, 6.07) is 13.4. The van der Waals surface area contributed by atoms with Gasteiger partial charge >= 0.3 is 0 Å². The first kappa shape index (κ1) is 23.4. The topological polar surface area (TPSA) is 60.4 Å². The van der Waals surface area contributed by atoms with E-state index in [1.54, 1.807) is 12.0 Å². The lowest BCUT2D eigenvalue weighted by molar-refractivity contribution is -0.122. The molecule has 0 aromatic heterocycles. The van der Waals surface area contributed by atoms with Crippen molar-refractivity contribution in [3.05, 3.63) is 57.4 Å². The van der Waals surface area contributed by atoms with Crippen molar-refractivity contribution in [2.24, 2.45) is 4.99 Å². The lowest BCUT2D eigenvalue weighted by Crippen LogP contribution is -2.32. The van der Waals surface area contributed by atoms with Gasteiger partial charge in [0.25, 0.3) is 5.91 Å². The van der Waals surface area contributed by atoms with Crippen molar-refractivity contribution in [1.82, 2.24) is 4.90 Å². The van der Waals surface area contributed by atoms with Gasteiger partial charge in [-0.05, 0) is 77.4 Å². The van der Waals surface area contributed by atoms with Gasteiger partial charge in [-0.2, -0.15) is 0 Å². The van der Waals surface area contributed by atoms with Gasteiger partial charge < -0.3 is 14.2 Å². The van der Waals surface area contributed by atoms with E-state index in [0.29, 0.717) is 47.9 Å². The second kappa shape index (κ2) is 11.4. The number of ether oxygens (including phenoxy) is 3. The fourth-order valence-electron chi connectivity index (χ4n) is 2.96. The average Bonchev–Trinajstić information content (AvgIpc) is 3.05. The molecule has 1 aliphatic heterocycles. The number of aliphatic imine (C=N–C) groups is 1. The molecule has 1 aliphatic rings. The number of nitrogens with zero attached hydrogens (tertiary/aromatic N) is 2. The van der Waals surface area contributed by atoms with Crippen molar-refractivity contribution in [3.63, 3.8) is 0 Å². The second-order valence-corrected chi connectivity index (χ2v) is 8.32. The monoisotopic (exact) mass is 504 g/mol. The molecule has 1 heterocycles. The van der Waals surface area contributed by atoms with E-state index < -0.39 is 0 Å². The van der Waals surface area contributed by atoms with Gasteiger partial charge in [0.15, 0.2) is 16.7 Å². The van der Waals surface area contributed by atoms with Crippen LogP contribution in [0.3, 0.4) is 0 Å². The van der Waals surface area contributed by atoms with E-state index in [1.165, 1.54) is 11.8 Å². The summed E-state index contributed by atoms with van der Waals surface area (Å²) < 4.78 is 17.4. The minimum atomic E-state index is -0.0941. The van der Waals surface area contributed by atoms with Gasteiger partial charge in [-0.15, -0.1) is 0 Å². The molecule has 1 fully saturated rings. The van der Waals surface area contributed by atoms with Crippen LogP contribution in [0, 0.1) is 0 Å². The predicted octanol–water partition coefficient (Wildman–Crippen LogP) is 5.50. The van der Waals surface area contributed by atoms with Gasteiger partial charge in [0.2, 0.25) is 0 Å². The van der Waals surface area contributed by atoms with Gasteiger partial charge in [0, 0.05) is 6.61 Å². The summed E-state index contributed by atoms with van der Waals surface area (Å²) in [5.74, 6) is 1.15. The molecule has 0 bridgehead atoms. The van der Waals surface area contributed by atoms with Crippen molar-refractivity contribution in [2.45, 2.75) is 13.8 Å². The first-order valence-corrected chi connectivity index (χ1v) is 11.6. The highest BCUT2D eigenvalue weighted by Crippen LogP contribution is 2.39. The standard InChI is InChI=1S/C23H25BrN2O4S/c1-4-29-12-11-26-22(27)20(31-23(26)25-17-9-7-6-8-10-17)15-16-13-18(24)21(30-5-2)19(14-16)28-3/h6-10,13-15H,4-5,11-12H2,1-3H3/b20-15-,25-23?. The van der Waals surface area contributed by atoms with Gasteiger partial charge in [0.1, 0.15) is 0 Å². The summed E-state index contributed by atoms with van der Waals surface area (Å²) in [5.41, 5.74) is 1.62. The minimum absolute atomic E-state index is 0.0941. The molecule has 0 spiro atoms. The van der Waals surface area contributed by atoms with Crippen molar-refractivity contribution in [3.8, 4) is 11.5 Å². The Labute approximate surface area is 195 Å². The fourth-order valence-corrected chi connectivity index (χ4v) is 4.56. The normalized spacial score (nSPS) is 16.4. The van der Waals surface area contributed by atoms with Crippen LogP contribution in [0.4, 0.5) is 5.69 Å². The number of amidine groups is 1. The number of carbonyl (C=O) groups is 1. The Bertz CT molecular complexity index is 979. The van der Waals surface area contributed by atoms with Gasteiger partial charge in [-0.3, -0.25) is 9.69 Å². The lowest BCUT2D eigenvalue weighted by atomic mass is 10.2. The number of thioether (sulfide) groups is 1. The molecule has 8 heteroatoms. The number of hydrogen-bond acceptors (Lipinski definition) is 6. The third-order valence-corrected chi connectivity index (χ3v) is 5.97. The van der Waals surface area contributed by atoms with Gasteiger partial charge in [-0.1, -0.05) is 18.2 Å². The van der Waals surface area contributed by atoms with E-state index in [9.17, 15) is 4.79 Å². The van der Waals surface area contributed by atoms with Crippen molar-refractivity contribution < 1.29 is 19.0 Å². The molecule has 2 aromatic carbocycles. The SMILES string of the molecule is CCOCCN1C(=O)/C(=C/c2cc(Br)c(OCC)c(OC)c2)SC1=Nc1ccccc1. The molecule has 0 N–H and O–H groups in total. The first-order valence-electron chi connectivity index (χ1n) is 10.0. The Balaban J connectivity index is 1.94. The van der Waals surface area contributed by atoms with E-state index in [0.717, 1.165) is 15.7 Å². The molecule has 0 saturated carbocycles. The molecule has 0 atom stereocenters. The summed E-state index contributed by atoms with van der Waals surface area (Å²) in [6.07, 6.45) is 1.84. The molecule has 0 radical (unpaired) electrons. The zero-order valence-electron chi connectivity index (χ0n) is 17.8. The van der Waals surface area contributed by atoms with Gasteiger partial charge in [-0.25, -0.2) is 4.99 Å². The number of carbonyl (C=O) groups excluding carboxylic acids is 1. The maximum atomic E-state index is 13.1. The number of amides is 1. The molecule has 31 heavy (non-hydrogen) atoms. The van der Waals surface area contributed by atoms with Crippen LogP contribution in [0.2, 0.25) is 0 Å². The van der Waals surface area contributed by atoms with Crippen molar-refractivity contribution in [1.29, 1.82) is 0 Å². The van der Waals surface area contributed by atoms with E-state index in [2.05, 4.69) is 20.9 Å². The molecule has 3 rings (SSSR count). The number of halogens is 1. The molecular formula is C23H25BrN2O4S. The maximum Gasteiger partial charge on any atom is 0.266 e. The van der Waals surface area contributed by atoms with Crippen LogP contribution in [0.5, 0.6) is 11.5 Å². The van der Waals surface area contributed by atoms with E-state index in [-0.39, 0.29) is 5.91 Å². The van der Waals surface area contributed by atoms with E-state index in [4.69, 9.17) is 14.2 Å². The molecule has 164 valence electrons. The quantitative estimate of drug-likeness (QED) is 0.333. The summed E-state index contributed by atoms with van der Waals surface area (Å²) in [5, 5.41) is 0.638. The number of para-hydroxylation sites is 1. The molecule has 1 saturated heterocycles. The van der Waals surface area contributed by atoms with Crippen LogP contribution in [0.15, 0.2) is 56.8 Å². The second-order valence-electron chi connectivity index (χ2n) is 6.46. The van der Waals surface area contributed by atoms with Crippen LogP contribution in [0.25, 0.3) is 6.08 Å². The van der Waals surface area contributed by atoms with E-state index >= 15 is 0 Å². The highest BCUT2D eigenvalue weighted by Gasteiger charge is 2.33. The van der Waals surface area contributed by atoms with Gasteiger partial charge in [0.05, 0.1) is 41.9 Å². The summed E-state index contributed by atoms with van der Waals surface area (Å²) >= 11 is 4.89. The van der Waals surface area contributed by atoms with Crippen LogP contribution in [-0.2, 0) is 9.53 Å². The Morgan fingerprint density at radius 1 is 1.16 bits per heavy atom. The van der Waals surface area contributed by atoms with Crippen LogP contribution in [0.1, 0.15) is 19.4 Å². The zero-order chi connectivity index (χ0) is 22.2. The highest BCUT2D eigenvalue weighted by atomic mass is 79.9. The number of methoxy groups -OCH3 is 1. The Morgan fingerprint density at radius 3 is 2.61 bits per heavy atom. The number of hydrogen-bond donors (Lipinski definition) is 0. The summed E-state index contributed by atoms with van der Waals surface area (Å²) in [4.78, 5) is 20.1. The third-order valence-electron chi connectivity index (χ3n) is 4.37. The largest absolute Gasteiger partial charge is 0.493 e. The summed E-state index contributed by atoms with van der Waals surface area (Å²) in [6.45, 7) is 5.87. The van der Waals surface area contributed by atoms with Crippen LogP contribution < -0.4 is 9.47 Å². The molecule has 1 amide bonds. The number of benzene rings is 2. The average molecular weight is 505 g/mol. The fraction of sp³-hybridized carbons (Fsp3) is 0.304. The Kier molecular flexibility index (Phi) is 8.57. The molecular weight excluding hydrogens is 480 g/mol. The van der Waals surface area contributed by atoms with E-state index in [1.807, 2.05) is 62.4 Å². The maximum absolute atomic E-state index is 13.1. The Morgan fingerprint density at radius 2 is 1.94 bits per heavy atom. The molecule has 2 aromatic rings.